The van der Waals surface area contributed by atoms with Crippen LogP contribution >= 0.6 is 0 Å². The standard InChI is InChI=1S/C19H15N5O2/c1-26-19(25)15-9-7-14(8-10-15)17-13-20-24-18(11-12-23(17)24)22-21-16-5-3-2-4-6-16/h2-13H,1H3. The molecule has 0 bridgehead atoms. The molecule has 0 aliphatic rings. The van der Waals surface area contributed by atoms with Crippen LogP contribution in [0.5, 0.6) is 0 Å². The molecule has 0 atom stereocenters. The van der Waals surface area contributed by atoms with Crippen molar-refractivity contribution in [1.29, 1.82) is 0 Å². The van der Waals surface area contributed by atoms with Crippen molar-refractivity contribution in [3.8, 4) is 0 Å². The van der Waals surface area contributed by atoms with E-state index in [2.05, 4.69) is 15.3 Å². The van der Waals surface area contributed by atoms with E-state index < -0.39 is 0 Å². The van der Waals surface area contributed by atoms with Gasteiger partial charge in [0.15, 0.2) is 0 Å². The van der Waals surface area contributed by atoms with Gasteiger partial charge in [0.25, 0.3) is 0 Å². The van der Waals surface area contributed by atoms with Crippen molar-refractivity contribution in [2.45, 2.75) is 0 Å². The molecule has 2 heterocycles. The van der Waals surface area contributed by atoms with E-state index >= 15 is 0 Å². The number of benzene rings is 2. The molecule has 0 saturated carbocycles. The Hall–Kier alpha value is -3.74. The maximum absolute atomic E-state index is 11.5. The Bertz CT molecular complexity index is 1210. The monoisotopic (exact) mass is 345 g/mol. The average molecular weight is 345 g/mol. The number of ether oxygens (including phenoxy) is 1. The number of rotatable bonds is 3. The fourth-order valence-corrected chi connectivity index (χ4v) is 2.62. The summed E-state index contributed by atoms with van der Waals surface area (Å²) in [6, 6.07) is 18.5. The summed E-state index contributed by atoms with van der Waals surface area (Å²) in [6.07, 6.45) is 3.62. The highest BCUT2D eigenvalue weighted by Gasteiger charge is 2.12. The van der Waals surface area contributed by atoms with Gasteiger partial charge >= 0.3 is 0 Å². The Morgan fingerprint density at radius 2 is 1.81 bits per heavy atom. The zero-order chi connectivity index (χ0) is 17.9. The van der Waals surface area contributed by atoms with E-state index in [1.807, 2.05) is 59.2 Å². The number of nitrogens with zero attached hydrogens (tertiary/aromatic N) is 5. The Morgan fingerprint density at radius 3 is 2.54 bits per heavy atom. The van der Waals surface area contributed by atoms with E-state index in [0.717, 1.165) is 16.3 Å². The molecule has 7 heteroatoms. The van der Waals surface area contributed by atoms with Gasteiger partial charge in [-0.25, -0.2) is 0 Å². The van der Waals surface area contributed by atoms with E-state index in [-0.39, 0.29) is 5.95 Å². The molecule has 0 aliphatic heterocycles. The first kappa shape index (κ1) is 15.8. The predicted molar refractivity (Wildman–Crippen MR) is 91.2 cm³/mol. The van der Waals surface area contributed by atoms with Gasteiger partial charge < -0.3 is 9.84 Å². The van der Waals surface area contributed by atoms with Crippen molar-refractivity contribution in [2.75, 3.05) is 7.11 Å². The van der Waals surface area contributed by atoms with Gasteiger partial charge in [-0.2, -0.15) is 0 Å². The summed E-state index contributed by atoms with van der Waals surface area (Å²) in [6.45, 7) is 0. The van der Waals surface area contributed by atoms with Crippen LogP contribution in [0.2, 0.25) is 0 Å². The Balaban J connectivity index is 1.80. The number of azo groups is 1. The minimum absolute atomic E-state index is 0.360. The maximum atomic E-state index is 11.5. The third-order valence-corrected chi connectivity index (χ3v) is 3.94. The normalized spacial score (nSPS) is 11.3. The second kappa shape index (κ2) is 6.64. The summed E-state index contributed by atoms with van der Waals surface area (Å²) in [5.74, 6) is 0.257. The molecule has 128 valence electrons. The molecule has 0 saturated heterocycles. The van der Waals surface area contributed by atoms with Crippen molar-refractivity contribution in [3.63, 3.8) is 0 Å². The lowest BCUT2D eigenvalue weighted by atomic mass is 10.2. The SMILES string of the molecule is COC([O-])=c1ccc(=c2cnn3c(N=Nc4ccccc4)cc[n+]23)cc1. The van der Waals surface area contributed by atoms with E-state index in [0.29, 0.717) is 11.0 Å². The van der Waals surface area contributed by atoms with Crippen LogP contribution in [0.3, 0.4) is 0 Å². The molecule has 26 heavy (non-hydrogen) atoms. The molecule has 4 aromatic rings. The molecule has 0 radical (unpaired) electrons. The van der Waals surface area contributed by atoms with Crippen molar-refractivity contribution < 1.29 is 14.4 Å². The van der Waals surface area contributed by atoms with E-state index in [1.165, 1.54) is 7.11 Å². The van der Waals surface area contributed by atoms with Gasteiger partial charge in [-0.05, 0) is 36.6 Å². The van der Waals surface area contributed by atoms with Crippen LogP contribution in [-0.4, -0.2) is 16.8 Å². The van der Waals surface area contributed by atoms with Gasteiger partial charge in [0.1, 0.15) is 6.20 Å². The molecular weight excluding hydrogens is 330 g/mol. The fraction of sp³-hybridized carbons (Fsp3) is 0.0526. The Morgan fingerprint density at radius 1 is 1.04 bits per heavy atom. The first-order valence-corrected chi connectivity index (χ1v) is 7.97. The molecule has 0 spiro atoms. The average Bonchev–Trinajstić information content (AvgIpc) is 3.29. The molecule has 7 nitrogen and oxygen atoms in total. The Labute approximate surface area is 148 Å². The van der Waals surface area contributed by atoms with Crippen LogP contribution in [0, 0.1) is 10.6 Å². The maximum Gasteiger partial charge on any atom is 0.242 e. The van der Waals surface area contributed by atoms with Gasteiger partial charge in [0.2, 0.25) is 17.4 Å². The van der Waals surface area contributed by atoms with Gasteiger partial charge in [-0.15, -0.1) is 14.7 Å². The molecule has 0 N–H and O–H groups in total. The summed E-state index contributed by atoms with van der Waals surface area (Å²) in [4.78, 5) is 0. The molecule has 2 aromatic heterocycles. The van der Waals surface area contributed by atoms with Gasteiger partial charge in [0.05, 0.1) is 11.6 Å². The zero-order valence-electron chi connectivity index (χ0n) is 14.0. The summed E-state index contributed by atoms with van der Waals surface area (Å²) in [5.41, 5.74) is 0.776. The van der Waals surface area contributed by atoms with Crippen LogP contribution in [0.25, 0.3) is 5.95 Å². The first-order valence-electron chi connectivity index (χ1n) is 7.97. The summed E-state index contributed by atoms with van der Waals surface area (Å²) >= 11 is 0. The van der Waals surface area contributed by atoms with Gasteiger partial charge in [-0.1, -0.05) is 30.3 Å². The lowest BCUT2D eigenvalue weighted by Gasteiger charge is -2.07. The van der Waals surface area contributed by atoms with Crippen LogP contribution in [0.1, 0.15) is 0 Å². The minimum atomic E-state index is -0.360. The van der Waals surface area contributed by atoms with Crippen molar-refractivity contribution in [1.82, 2.24) is 9.73 Å². The third kappa shape index (κ3) is 2.86. The highest BCUT2D eigenvalue weighted by atomic mass is 16.6. The number of hydrogen-bond donors (Lipinski definition) is 0. The second-order valence-corrected chi connectivity index (χ2v) is 5.54. The molecule has 2 aromatic carbocycles. The van der Waals surface area contributed by atoms with Crippen LogP contribution in [0.15, 0.2) is 83.3 Å². The summed E-state index contributed by atoms with van der Waals surface area (Å²) < 4.78 is 8.25. The second-order valence-electron chi connectivity index (χ2n) is 5.54. The highest BCUT2D eigenvalue weighted by Crippen LogP contribution is 2.15. The number of aromatic nitrogens is 3. The summed E-state index contributed by atoms with van der Waals surface area (Å²) in [5, 5.41) is 26.7. The number of hydrogen-bond acceptors (Lipinski definition) is 5. The Kier molecular flexibility index (Phi) is 4.03. The predicted octanol–water partition coefficient (Wildman–Crippen LogP) is 1.41. The number of methoxy groups -OCH3 is 1. The molecule has 0 aliphatic carbocycles. The smallest absolute Gasteiger partial charge is 0.242 e. The number of fused-ring (bicyclic) bond motifs is 1. The molecule has 0 amide bonds. The van der Waals surface area contributed by atoms with Crippen LogP contribution in [0.4, 0.5) is 11.5 Å². The third-order valence-electron chi connectivity index (χ3n) is 3.94. The lowest BCUT2D eigenvalue weighted by molar-refractivity contribution is -0.626. The van der Waals surface area contributed by atoms with Crippen LogP contribution < -0.4 is 14.8 Å². The first-order chi connectivity index (χ1) is 12.8. The zero-order valence-corrected chi connectivity index (χ0v) is 14.0. The van der Waals surface area contributed by atoms with Gasteiger partial charge in [0, 0.05) is 21.0 Å². The van der Waals surface area contributed by atoms with E-state index in [9.17, 15) is 5.11 Å². The summed E-state index contributed by atoms with van der Waals surface area (Å²) in [7, 11) is 1.36. The molecule has 0 unspecified atom stereocenters. The topological polar surface area (TPSA) is 78.4 Å². The largest absolute Gasteiger partial charge is 0.616 e. The molecule has 4 rings (SSSR count). The molecule has 0 fully saturated rings. The van der Waals surface area contributed by atoms with Crippen molar-refractivity contribution in [2.24, 2.45) is 10.2 Å². The van der Waals surface area contributed by atoms with Crippen molar-refractivity contribution >= 4 is 17.5 Å². The fourth-order valence-electron chi connectivity index (χ4n) is 2.62. The van der Waals surface area contributed by atoms with Gasteiger partial charge in [-0.3, -0.25) is 0 Å². The van der Waals surface area contributed by atoms with E-state index in [4.69, 9.17) is 4.74 Å². The molecular formula is C19H15N5O2. The quantitative estimate of drug-likeness (QED) is 0.416. The van der Waals surface area contributed by atoms with Crippen LogP contribution in [-0.2, 0) is 4.74 Å². The highest BCUT2D eigenvalue weighted by molar-refractivity contribution is 5.36. The van der Waals surface area contributed by atoms with Crippen molar-refractivity contribution in [3.05, 3.63) is 88.8 Å². The lowest BCUT2D eigenvalue weighted by Crippen LogP contribution is -2.25. The minimum Gasteiger partial charge on any atom is -0.616 e. The van der Waals surface area contributed by atoms with E-state index in [1.54, 1.807) is 23.0 Å².